The number of hydrogen-bond donors (Lipinski definition) is 2. The zero-order valence-corrected chi connectivity index (χ0v) is 15.1. The summed E-state index contributed by atoms with van der Waals surface area (Å²) in [6, 6.07) is 15.7. The number of pyridine rings is 1. The first-order valence-electron chi connectivity index (χ1n) is 7.96. The number of nitrogens with one attached hydrogen (secondary N) is 2. The van der Waals surface area contributed by atoms with Crippen molar-refractivity contribution in [3.05, 3.63) is 77.1 Å². The highest BCUT2D eigenvalue weighted by Crippen LogP contribution is 2.28. The predicted molar refractivity (Wildman–Crippen MR) is 105 cm³/mol. The molecular weight excluding hydrogens is 364 g/mol. The van der Waals surface area contributed by atoms with Crippen LogP contribution in [0.4, 0.5) is 17.1 Å². The number of aromatic nitrogens is 1. The number of carbonyl (C=O) groups is 1. The molecule has 0 atom stereocenters. The lowest BCUT2D eigenvalue weighted by Gasteiger charge is -2.11. The van der Waals surface area contributed by atoms with Crippen molar-refractivity contribution in [2.45, 2.75) is 0 Å². The van der Waals surface area contributed by atoms with Gasteiger partial charge in [0.05, 0.1) is 41.9 Å². The Morgan fingerprint density at radius 1 is 1.11 bits per heavy atom. The summed E-state index contributed by atoms with van der Waals surface area (Å²) in [4.78, 5) is 16.7. The standard InChI is InChI=1S/C20H15ClN4O2/c1-27-19-7-4-15(21)9-18(19)25-20(26)14-8-17(12-23-11-14)24-16-5-2-13(10-22)3-6-16/h2-9,11-12,24H,1H3,(H,25,26). The van der Waals surface area contributed by atoms with E-state index >= 15 is 0 Å². The van der Waals surface area contributed by atoms with Crippen LogP contribution in [-0.4, -0.2) is 18.0 Å². The molecule has 0 spiro atoms. The normalized spacial score (nSPS) is 9.96. The third-order valence-corrected chi connectivity index (χ3v) is 3.95. The molecule has 0 fully saturated rings. The van der Waals surface area contributed by atoms with Gasteiger partial charge in [0.25, 0.3) is 5.91 Å². The summed E-state index contributed by atoms with van der Waals surface area (Å²) in [5.41, 5.74) is 2.84. The average Bonchev–Trinajstić information content (AvgIpc) is 2.69. The number of halogens is 1. The zero-order valence-electron chi connectivity index (χ0n) is 14.4. The lowest BCUT2D eigenvalue weighted by Crippen LogP contribution is -2.13. The van der Waals surface area contributed by atoms with Crippen molar-refractivity contribution in [3.63, 3.8) is 0 Å². The number of nitriles is 1. The first kappa shape index (κ1) is 18.2. The smallest absolute Gasteiger partial charge is 0.257 e. The van der Waals surface area contributed by atoms with Crippen molar-refractivity contribution >= 4 is 34.6 Å². The Labute approximate surface area is 161 Å². The number of hydrogen-bond acceptors (Lipinski definition) is 5. The van der Waals surface area contributed by atoms with Gasteiger partial charge in [-0.15, -0.1) is 0 Å². The quantitative estimate of drug-likeness (QED) is 0.676. The van der Waals surface area contributed by atoms with Crippen molar-refractivity contribution in [2.75, 3.05) is 17.7 Å². The van der Waals surface area contributed by atoms with Gasteiger partial charge in [-0.2, -0.15) is 5.26 Å². The minimum absolute atomic E-state index is 0.341. The number of nitrogens with zero attached hydrogens (tertiary/aromatic N) is 2. The number of rotatable bonds is 5. The Morgan fingerprint density at radius 2 is 1.89 bits per heavy atom. The van der Waals surface area contributed by atoms with E-state index in [4.69, 9.17) is 21.6 Å². The number of anilines is 3. The zero-order chi connectivity index (χ0) is 19.2. The summed E-state index contributed by atoms with van der Waals surface area (Å²) in [5.74, 6) is 0.166. The van der Waals surface area contributed by atoms with Gasteiger partial charge < -0.3 is 15.4 Å². The molecule has 3 aromatic rings. The molecule has 0 aliphatic heterocycles. The Balaban J connectivity index is 1.77. The lowest BCUT2D eigenvalue weighted by molar-refractivity contribution is 0.102. The number of ether oxygens (including phenoxy) is 1. The van der Waals surface area contributed by atoms with E-state index in [0.717, 1.165) is 5.69 Å². The maximum Gasteiger partial charge on any atom is 0.257 e. The largest absolute Gasteiger partial charge is 0.495 e. The van der Waals surface area contributed by atoms with Gasteiger partial charge in [-0.25, -0.2) is 0 Å². The predicted octanol–water partition coefficient (Wildman–Crippen LogP) is 4.61. The Hall–Kier alpha value is -3.56. The molecular formula is C20H15ClN4O2. The molecule has 0 saturated carbocycles. The summed E-state index contributed by atoms with van der Waals surface area (Å²) < 4.78 is 5.23. The number of benzene rings is 2. The van der Waals surface area contributed by atoms with E-state index in [9.17, 15) is 4.79 Å². The van der Waals surface area contributed by atoms with Gasteiger partial charge in [0.2, 0.25) is 0 Å². The van der Waals surface area contributed by atoms with E-state index in [1.807, 2.05) is 0 Å². The van der Waals surface area contributed by atoms with E-state index < -0.39 is 0 Å². The molecule has 0 aliphatic rings. The molecule has 0 bridgehead atoms. The second-order valence-electron chi connectivity index (χ2n) is 5.58. The van der Waals surface area contributed by atoms with E-state index in [1.54, 1.807) is 54.7 Å². The second-order valence-corrected chi connectivity index (χ2v) is 6.01. The lowest BCUT2D eigenvalue weighted by atomic mass is 10.2. The highest BCUT2D eigenvalue weighted by atomic mass is 35.5. The van der Waals surface area contributed by atoms with Gasteiger partial charge in [-0.3, -0.25) is 9.78 Å². The molecule has 2 N–H and O–H groups in total. The van der Waals surface area contributed by atoms with Crippen LogP contribution in [0.15, 0.2) is 60.9 Å². The fourth-order valence-electron chi connectivity index (χ4n) is 2.40. The van der Waals surface area contributed by atoms with Crippen LogP contribution >= 0.6 is 11.6 Å². The molecule has 0 saturated heterocycles. The average molecular weight is 379 g/mol. The number of methoxy groups -OCH3 is 1. The van der Waals surface area contributed by atoms with Crippen LogP contribution in [0.1, 0.15) is 15.9 Å². The highest BCUT2D eigenvalue weighted by molar-refractivity contribution is 6.31. The van der Waals surface area contributed by atoms with Gasteiger partial charge >= 0.3 is 0 Å². The van der Waals surface area contributed by atoms with Gasteiger partial charge in [0.15, 0.2) is 0 Å². The minimum Gasteiger partial charge on any atom is -0.495 e. The molecule has 1 aromatic heterocycles. The van der Waals surface area contributed by atoms with Crippen LogP contribution in [-0.2, 0) is 0 Å². The van der Waals surface area contributed by atoms with Crippen LogP contribution < -0.4 is 15.4 Å². The van der Waals surface area contributed by atoms with Gasteiger partial charge in [0.1, 0.15) is 5.75 Å². The Morgan fingerprint density at radius 3 is 2.59 bits per heavy atom. The van der Waals surface area contributed by atoms with E-state index in [-0.39, 0.29) is 5.91 Å². The van der Waals surface area contributed by atoms with Crippen LogP contribution in [0.2, 0.25) is 5.02 Å². The number of carbonyl (C=O) groups excluding carboxylic acids is 1. The Kier molecular flexibility index (Phi) is 5.55. The monoisotopic (exact) mass is 378 g/mol. The van der Waals surface area contributed by atoms with Gasteiger partial charge in [0, 0.05) is 16.9 Å². The third-order valence-electron chi connectivity index (χ3n) is 3.71. The highest BCUT2D eigenvalue weighted by Gasteiger charge is 2.11. The molecule has 0 unspecified atom stereocenters. The van der Waals surface area contributed by atoms with Crippen LogP contribution in [0, 0.1) is 11.3 Å². The fraction of sp³-hybridized carbons (Fsp3) is 0.0500. The molecule has 6 nitrogen and oxygen atoms in total. The van der Waals surface area contributed by atoms with E-state index in [2.05, 4.69) is 21.7 Å². The summed E-state index contributed by atoms with van der Waals surface area (Å²) >= 11 is 5.99. The minimum atomic E-state index is -0.341. The summed E-state index contributed by atoms with van der Waals surface area (Å²) in [6.07, 6.45) is 3.07. The fourth-order valence-corrected chi connectivity index (χ4v) is 2.57. The summed E-state index contributed by atoms with van der Waals surface area (Å²) in [7, 11) is 1.52. The molecule has 134 valence electrons. The molecule has 0 radical (unpaired) electrons. The van der Waals surface area contributed by atoms with Gasteiger partial charge in [-0.05, 0) is 48.5 Å². The van der Waals surface area contributed by atoms with Crippen molar-refractivity contribution < 1.29 is 9.53 Å². The second kappa shape index (κ2) is 8.21. The summed E-state index contributed by atoms with van der Waals surface area (Å²) in [5, 5.41) is 15.3. The van der Waals surface area contributed by atoms with Crippen molar-refractivity contribution in [3.8, 4) is 11.8 Å². The van der Waals surface area contributed by atoms with Crippen LogP contribution in [0.3, 0.4) is 0 Å². The molecule has 7 heteroatoms. The number of amides is 1. The topological polar surface area (TPSA) is 87.0 Å². The molecule has 1 amide bonds. The molecule has 0 aliphatic carbocycles. The first-order valence-corrected chi connectivity index (χ1v) is 8.34. The Bertz CT molecular complexity index is 1010. The maximum atomic E-state index is 12.6. The van der Waals surface area contributed by atoms with Crippen molar-refractivity contribution in [1.82, 2.24) is 4.98 Å². The van der Waals surface area contributed by atoms with E-state index in [1.165, 1.54) is 13.3 Å². The SMILES string of the molecule is COc1ccc(Cl)cc1NC(=O)c1cncc(Nc2ccc(C#N)cc2)c1. The molecule has 2 aromatic carbocycles. The van der Waals surface area contributed by atoms with Crippen molar-refractivity contribution in [1.29, 1.82) is 5.26 Å². The molecule has 1 heterocycles. The first-order chi connectivity index (χ1) is 13.1. The van der Waals surface area contributed by atoms with Crippen LogP contribution in [0.5, 0.6) is 5.75 Å². The van der Waals surface area contributed by atoms with E-state index in [0.29, 0.717) is 33.3 Å². The van der Waals surface area contributed by atoms with Crippen molar-refractivity contribution in [2.24, 2.45) is 0 Å². The van der Waals surface area contributed by atoms with Crippen LogP contribution in [0.25, 0.3) is 0 Å². The third kappa shape index (κ3) is 4.54. The molecule has 27 heavy (non-hydrogen) atoms. The van der Waals surface area contributed by atoms with Gasteiger partial charge in [-0.1, -0.05) is 11.6 Å². The maximum absolute atomic E-state index is 12.6. The molecule has 3 rings (SSSR count). The summed E-state index contributed by atoms with van der Waals surface area (Å²) in [6.45, 7) is 0.